The fraction of sp³-hybridized carbons (Fsp3) is 0.400. The molecule has 0 radical (unpaired) electrons. The number of amides is 2. The molecule has 0 saturated heterocycles. The lowest BCUT2D eigenvalue weighted by Crippen LogP contribution is -2.39. The van der Waals surface area contributed by atoms with Gasteiger partial charge in [-0.05, 0) is 31.2 Å². The predicted octanol–water partition coefficient (Wildman–Crippen LogP) is -0.758. The number of benzene rings is 1. The van der Waals surface area contributed by atoms with Gasteiger partial charge in [-0.1, -0.05) is 0 Å². The van der Waals surface area contributed by atoms with E-state index in [2.05, 4.69) is 15.4 Å². The van der Waals surface area contributed by atoms with Gasteiger partial charge < -0.3 is 15.4 Å². The third-order valence-electron chi connectivity index (χ3n) is 3.06. The van der Waals surface area contributed by atoms with E-state index in [-0.39, 0.29) is 11.4 Å². The van der Waals surface area contributed by atoms with Crippen molar-refractivity contribution in [1.82, 2.24) is 14.9 Å². The molecule has 0 heterocycles. The van der Waals surface area contributed by atoms with Gasteiger partial charge in [-0.25, -0.2) is 12.8 Å². The number of hydrogen-bond donors (Lipinski definition) is 2. The first-order valence-electron chi connectivity index (χ1n) is 7.57. The monoisotopic (exact) mass is 389 g/mol. The van der Waals surface area contributed by atoms with Crippen LogP contribution in [0.25, 0.3) is 0 Å². The third kappa shape index (κ3) is 6.76. The second-order valence-electron chi connectivity index (χ2n) is 5.11. The fourth-order valence-corrected chi connectivity index (χ4v) is 2.85. The van der Waals surface area contributed by atoms with E-state index in [0.717, 1.165) is 35.6 Å². The maximum atomic E-state index is 12.9. The molecule has 0 spiro atoms. The van der Waals surface area contributed by atoms with E-state index in [0.29, 0.717) is 6.54 Å². The summed E-state index contributed by atoms with van der Waals surface area (Å²) in [5.74, 6) is -2.64. The Kier molecular flexibility index (Phi) is 8.13. The summed E-state index contributed by atoms with van der Waals surface area (Å²) < 4.78 is 42.7. The Hall–Kier alpha value is -2.53. The van der Waals surface area contributed by atoms with Gasteiger partial charge in [-0.2, -0.15) is 4.31 Å². The summed E-state index contributed by atoms with van der Waals surface area (Å²) in [5, 5.41) is 4.71. The number of nitrogens with one attached hydrogen (secondary N) is 2. The standard InChI is InChI=1S/C15H20FN3O6S/c1-3-17-13(20)8-18-14(21)10-25-15(22)9-19(2)26(23,24)12-6-4-11(16)5-7-12/h4-7H,3,8-10H2,1-2H3,(H,17,20)(H,18,21). The summed E-state index contributed by atoms with van der Waals surface area (Å²) in [6.45, 7) is 0.589. The molecule has 0 aliphatic heterocycles. The molecule has 0 aliphatic carbocycles. The molecule has 9 nitrogen and oxygen atoms in total. The van der Waals surface area contributed by atoms with Crippen molar-refractivity contribution in [2.24, 2.45) is 0 Å². The van der Waals surface area contributed by atoms with Crippen molar-refractivity contribution >= 4 is 27.8 Å². The van der Waals surface area contributed by atoms with Crippen LogP contribution in [-0.2, 0) is 29.1 Å². The van der Waals surface area contributed by atoms with E-state index in [9.17, 15) is 27.2 Å². The van der Waals surface area contributed by atoms with E-state index >= 15 is 0 Å². The molecule has 2 N–H and O–H groups in total. The summed E-state index contributed by atoms with van der Waals surface area (Å²) in [5.41, 5.74) is 0. The van der Waals surface area contributed by atoms with Gasteiger partial charge in [0.05, 0.1) is 11.4 Å². The van der Waals surface area contributed by atoms with Crippen molar-refractivity contribution in [2.75, 3.05) is 33.3 Å². The Morgan fingerprint density at radius 3 is 2.31 bits per heavy atom. The fourth-order valence-electron chi connectivity index (χ4n) is 1.73. The molecule has 0 fully saturated rings. The van der Waals surface area contributed by atoms with Crippen LogP contribution in [0.1, 0.15) is 6.92 Å². The number of rotatable bonds is 9. The summed E-state index contributed by atoms with van der Waals surface area (Å²) >= 11 is 0. The van der Waals surface area contributed by atoms with Crippen molar-refractivity contribution in [3.63, 3.8) is 0 Å². The lowest BCUT2D eigenvalue weighted by Gasteiger charge is -2.16. The first-order valence-corrected chi connectivity index (χ1v) is 9.01. The van der Waals surface area contributed by atoms with Gasteiger partial charge in [0.25, 0.3) is 5.91 Å². The summed E-state index contributed by atoms with van der Waals surface area (Å²) in [7, 11) is -2.86. The highest BCUT2D eigenvalue weighted by atomic mass is 32.2. The average Bonchev–Trinajstić information content (AvgIpc) is 2.58. The van der Waals surface area contributed by atoms with Crippen molar-refractivity contribution in [1.29, 1.82) is 0 Å². The summed E-state index contributed by atoms with van der Waals surface area (Å²) in [4.78, 5) is 34.1. The lowest BCUT2D eigenvalue weighted by atomic mass is 10.4. The number of hydrogen-bond acceptors (Lipinski definition) is 6. The molecule has 0 saturated carbocycles. The molecule has 1 aromatic rings. The first-order chi connectivity index (χ1) is 12.2. The molecule has 0 bridgehead atoms. The SMILES string of the molecule is CCNC(=O)CNC(=O)COC(=O)CN(C)S(=O)(=O)c1ccc(F)cc1. The Morgan fingerprint density at radius 2 is 1.73 bits per heavy atom. The number of nitrogens with zero attached hydrogens (tertiary/aromatic N) is 1. The van der Waals surface area contributed by atoms with Crippen LogP contribution < -0.4 is 10.6 Å². The molecule has 11 heteroatoms. The van der Waals surface area contributed by atoms with Gasteiger partial charge in [0, 0.05) is 13.6 Å². The highest BCUT2D eigenvalue weighted by molar-refractivity contribution is 7.89. The lowest BCUT2D eigenvalue weighted by molar-refractivity contribution is -0.148. The third-order valence-corrected chi connectivity index (χ3v) is 4.88. The Morgan fingerprint density at radius 1 is 1.12 bits per heavy atom. The van der Waals surface area contributed by atoms with Gasteiger partial charge in [0.1, 0.15) is 12.4 Å². The van der Waals surface area contributed by atoms with Gasteiger partial charge >= 0.3 is 5.97 Å². The molecule has 2 amide bonds. The Balaban J connectivity index is 2.48. The Bertz CT molecular complexity index is 751. The molecule has 26 heavy (non-hydrogen) atoms. The zero-order valence-corrected chi connectivity index (χ0v) is 15.1. The maximum absolute atomic E-state index is 12.9. The molecular weight excluding hydrogens is 369 g/mol. The summed E-state index contributed by atoms with van der Waals surface area (Å²) in [6, 6.07) is 4.11. The van der Waals surface area contributed by atoms with Gasteiger partial charge in [0.2, 0.25) is 15.9 Å². The van der Waals surface area contributed by atoms with E-state index in [1.54, 1.807) is 6.92 Å². The first kappa shape index (κ1) is 21.5. The number of halogens is 1. The molecule has 1 rings (SSSR count). The molecule has 0 atom stereocenters. The largest absolute Gasteiger partial charge is 0.455 e. The molecule has 144 valence electrons. The van der Waals surface area contributed by atoms with Crippen LogP contribution in [0, 0.1) is 5.82 Å². The van der Waals surface area contributed by atoms with E-state index < -0.39 is 46.8 Å². The van der Waals surface area contributed by atoms with Crippen LogP contribution in [0.4, 0.5) is 4.39 Å². The quantitative estimate of drug-likeness (QED) is 0.536. The Labute approximate surface area is 150 Å². The summed E-state index contributed by atoms with van der Waals surface area (Å²) in [6.07, 6.45) is 0. The number of ether oxygens (including phenoxy) is 1. The number of carbonyl (C=O) groups excluding carboxylic acids is 3. The molecule has 0 aromatic heterocycles. The van der Waals surface area contributed by atoms with Gasteiger partial charge in [0.15, 0.2) is 6.61 Å². The average molecular weight is 389 g/mol. The molecule has 1 aromatic carbocycles. The second-order valence-corrected chi connectivity index (χ2v) is 7.15. The number of esters is 1. The smallest absolute Gasteiger partial charge is 0.321 e. The second kappa shape index (κ2) is 9.82. The highest BCUT2D eigenvalue weighted by Gasteiger charge is 2.24. The molecular formula is C15H20FN3O6S. The zero-order valence-electron chi connectivity index (χ0n) is 14.3. The minimum absolute atomic E-state index is 0.186. The van der Waals surface area contributed by atoms with Gasteiger partial charge in [-0.3, -0.25) is 14.4 Å². The van der Waals surface area contributed by atoms with Crippen LogP contribution in [0.15, 0.2) is 29.2 Å². The number of sulfonamides is 1. The highest BCUT2D eigenvalue weighted by Crippen LogP contribution is 2.14. The van der Waals surface area contributed by atoms with Crippen molar-refractivity contribution in [2.45, 2.75) is 11.8 Å². The van der Waals surface area contributed by atoms with Crippen LogP contribution in [0.3, 0.4) is 0 Å². The molecule has 0 aliphatic rings. The van der Waals surface area contributed by atoms with Crippen LogP contribution >= 0.6 is 0 Å². The number of carbonyl (C=O) groups is 3. The van der Waals surface area contributed by atoms with E-state index in [4.69, 9.17) is 0 Å². The van der Waals surface area contributed by atoms with Crippen molar-refractivity contribution in [3.05, 3.63) is 30.1 Å². The van der Waals surface area contributed by atoms with Crippen LogP contribution in [0.5, 0.6) is 0 Å². The minimum Gasteiger partial charge on any atom is -0.455 e. The predicted molar refractivity (Wildman–Crippen MR) is 88.9 cm³/mol. The zero-order chi connectivity index (χ0) is 19.7. The van der Waals surface area contributed by atoms with Gasteiger partial charge in [-0.15, -0.1) is 0 Å². The van der Waals surface area contributed by atoms with Crippen molar-refractivity contribution in [3.8, 4) is 0 Å². The van der Waals surface area contributed by atoms with Crippen molar-refractivity contribution < 1.29 is 31.9 Å². The van der Waals surface area contributed by atoms with Crippen LogP contribution in [-0.4, -0.2) is 63.8 Å². The van der Waals surface area contributed by atoms with E-state index in [1.807, 2.05) is 0 Å². The van der Waals surface area contributed by atoms with E-state index in [1.165, 1.54) is 0 Å². The van der Waals surface area contributed by atoms with Crippen LogP contribution in [0.2, 0.25) is 0 Å². The topological polar surface area (TPSA) is 122 Å². The normalized spacial score (nSPS) is 11.1. The maximum Gasteiger partial charge on any atom is 0.321 e. The minimum atomic E-state index is -4.00. The number of likely N-dealkylation sites (N-methyl/N-ethyl adjacent to an activating group) is 2. The molecule has 0 unspecified atom stereocenters.